The number of carbonyl (C=O) groups excluding carboxylic acids is 1. The molecule has 0 aromatic rings. The zero-order valence-electron chi connectivity index (χ0n) is 37.6. The van der Waals surface area contributed by atoms with E-state index in [1.807, 2.05) is 69.8 Å². The Bertz CT molecular complexity index is 1250. The first-order valence-corrected chi connectivity index (χ1v) is 24.0. The van der Waals surface area contributed by atoms with Crippen LogP contribution < -0.4 is 4.89 Å². The van der Waals surface area contributed by atoms with Gasteiger partial charge in [-0.3, -0.25) is 9.36 Å². The van der Waals surface area contributed by atoms with Crippen LogP contribution in [0.25, 0.3) is 0 Å². The molecule has 0 bridgehead atoms. The summed E-state index contributed by atoms with van der Waals surface area (Å²) in [5.41, 5.74) is 0. The van der Waals surface area contributed by atoms with Gasteiger partial charge in [0.15, 0.2) is 6.10 Å². The van der Waals surface area contributed by atoms with Crippen molar-refractivity contribution in [1.29, 1.82) is 0 Å². The number of aliphatic hydroxyl groups is 2. The smallest absolute Gasteiger partial charge is 0.306 e. The van der Waals surface area contributed by atoms with Crippen LogP contribution in [0, 0.1) is 0 Å². The number of rotatable bonds is 40. The summed E-state index contributed by atoms with van der Waals surface area (Å²) in [5, 5.41) is 20.0. The minimum Gasteiger partial charge on any atom is -0.756 e. The Morgan fingerprint density at radius 2 is 1.20 bits per heavy atom. The van der Waals surface area contributed by atoms with Crippen molar-refractivity contribution in [3.8, 4) is 0 Å². The number of unbranched alkanes of at least 4 members (excludes halogenated alkanes) is 14. The topological polar surface area (TPSA) is 135 Å². The van der Waals surface area contributed by atoms with Crippen LogP contribution in [0.15, 0.2) is 85.3 Å². The minimum atomic E-state index is -4.59. The number of quaternary nitrogens is 1. The molecule has 0 amide bonds. The van der Waals surface area contributed by atoms with Gasteiger partial charge in [-0.2, -0.15) is 0 Å². The molecule has 0 spiro atoms. The van der Waals surface area contributed by atoms with Gasteiger partial charge < -0.3 is 38.1 Å². The lowest BCUT2D eigenvalue weighted by molar-refractivity contribution is -0.870. The van der Waals surface area contributed by atoms with Crippen LogP contribution >= 0.6 is 7.82 Å². The monoisotopic (exact) mass is 850 g/mol. The number of nitrogens with zero attached hydrogens (tertiary/aromatic N) is 1. The Morgan fingerprint density at radius 3 is 1.76 bits per heavy atom. The van der Waals surface area contributed by atoms with Gasteiger partial charge in [-0.25, -0.2) is 0 Å². The molecule has 0 fully saturated rings. The van der Waals surface area contributed by atoms with E-state index in [1.165, 1.54) is 83.5 Å². The summed E-state index contributed by atoms with van der Waals surface area (Å²) in [4.78, 5) is 25.0. The molecular weight excluding hydrogens is 766 g/mol. The van der Waals surface area contributed by atoms with Crippen LogP contribution in [-0.4, -0.2) is 86.5 Å². The van der Waals surface area contributed by atoms with Gasteiger partial charge in [0, 0.05) is 6.42 Å². The van der Waals surface area contributed by atoms with Crippen molar-refractivity contribution < 1.29 is 47.5 Å². The molecule has 0 radical (unpaired) electrons. The molecule has 59 heavy (non-hydrogen) atoms. The molecule has 4 atom stereocenters. The second-order valence-corrected chi connectivity index (χ2v) is 17.6. The maximum absolute atomic E-state index is 12.6. The minimum absolute atomic E-state index is 0.0209. The molecule has 0 rings (SSSR count). The highest BCUT2D eigenvalue weighted by Crippen LogP contribution is 2.38. The van der Waals surface area contributed by atoms with Crippen molar-refractivity contribution in [1.82, 2.24) is 0 Å². The van der Waals surface area contributed by atoms with E-state index in [0.717, 1.165) is 19.3 Å². The normalized spacial score (nSPS) is 15.5. The predicted molar refractivity (Wildman–Crippen MR) is 243 cm³/mol. The standard InChI is InChI=1S/C48H84NO9P/c1-6-8-10-11-12-13-14-15-16-17-18-19-20-23-28-34-41-55-43-47(44-57-59(53,54)56-42-40-49(3,4)5)58-48(52)39-33-25-22-21-24-30-36-46(51)38-32-27-26-31-37-45(50)35-29-9-7-2/h9,22,24-27,29-32,34,37-38,41,45-47,50-51H,6-8,10-21,23,28,33,35-36,39-40,42-44H2,1-5H3/b25-22-,27-26-,29-9-,30-24-,37-31+,38-32+,41-34+/t45-,46+,47+/m0/s1. The highest BCUT2D eigenvalue weighted by Gasteiger charge is 2.20. The first-order chi connectivity index (χ1) is 28.4. The Hall–Kier alpha value is -2.56. The highest BCUT2D eigenvalue weighted by atomic mass is 31.2. The lowest BCUT2D eigenvalue weighted by Crippen LogP contribution is -2.37. The van der Waals surface area contributed by atoms with Crippen LogP contribution in [0.4, 0.5) is 0 Å². The van der Waals surface area contributed by atoms with Crippen molar-refractivity contribution >= 4 is 13.8 Å². The Labute approximate surface area is 360 Å². The molecule has 0 aromatic heterocycles. The van der Waals surface area contributed by atoms with Crippen LogP contribution in [-0.2, 0) is 27.9 Å². The number of phosphoric ester groups is 1. The van der Waals surface area contributed by atoms with Crippen molar-refractivity contribution in [3.05, 3.63) is 85.3 Å². The van der Waals surface area contributed by atoms with E-state index in [9.17, 15) is 24.5 Å². The summed E-state index contributed by atoms with van der Waals surface area (Å²) in [6.07, 6.45) is 46.3. The molecule has 11 heteroatoms. The third kappa shape index (κ3) is 43.3. The molecule has 0 saturated carbocycles. The summed E-state index contributed by atoms with van der Waals surface area (Å²) in [7, 11) is 1.20. The lowest BCUT2D eigenvalue weighted by atomic mass is 10.0. The largest absolute Gasteiger partial charge is 0.756 e. The molecule has 2 N–H and O–H groups in total. The average Bonchev–Trinajstić information content (AvgIpc) is 3.18. The van der Waals surface area contributed by atoms with Gasteiger partial charge in [0.1, 0.15) is 19.8 Å². The molecule has 0 heterocycles. The van der Waals surface area contributed by atoms with E-state index in [1.54, 1.807) is 36.6 Å². The Kier molecular flexibility index (Phi) is 37.9. The van der Waals surface area contributed by atoms with E-state index >= 15 is 0 Å². The van der Waals surface area contributed by atoms with Crippen molar-refractivity contribution in [2.45, 2.75) is 167 Å². The molecule has 0 aliphatic rings. The van der Waals surface area contributed by atoms with Crippen LogP contribution in [0.1, 0.15) is 149 Å². The maximum Gasteiger partial charge on any atom is 0.306 e. The summed E-state index contributed by atoms with van der Waals surface area (Å²) in [6.45, 7) is 4.32. The first kappa shape index (κ1) is 56.4. The van der Waals surface area contributed by atoms with Gasteiger partial charge in [0.25, 0.3) is 7.82 Å². The number of ether oxygens (including phenoxy) is 2. The second-order valence-electron chi connectivity index (χ2n) is 16.1. The second kappa shape index (κ2) is 39.6. The quantitative estimate of drug-likeness (QED) is 0.0117. The van der Waals surface area contributed by atoms with E-state index in [4.69, 9.17) is 18.5 Å². The van der Waals surface area contributed by atoms with Gasteiger partial charge in [0.2, 0.25) is 0 Å². The molecule has 340 valence electrons. The van der Waals surface area contributed by atoms with E-state index in [0.29, 0.717) is 36.7 Å². The molecule has 0 saturated heterocycles. The van der Waals surface area contributed by atoms with Crippen molar-refractivity contribution in [2.24, 2.45) is 0 Å². The molecule has 10 nitrogen and oxygen atoms in total. The first-order valence-electron chi connectivity index (χ1n) is 22.6. The summed E-state index contributed by atoms with van der Waals surface area (Å²) >= 11 is 0. The van der Waals surface area contributed by atoms with Gasteiger partial charge in [0.05, 0.1) is 46.2 Å². The van der Waals surface area contributed by atoms with Crippen LogP contribution in [0.2, 0.25) is 0 Å². The number of hydrogen-bond donors (Lipinski definition) is 2. The number of phosphoric acid groups is 1. The van der Waals surface area contributed by atoms with E-state index < -0.39 is 38.7 Å². The fraction of sp³-hybridized carbons (Fsp3) is 0.688. The molecule has 1 unspecified atom stereocenters. The lowest BCUT2D eigenvalue weighted by Gasteiger charge is -2.28. The number of allylic oxidation sites excluding steroid dienone is 9. The molecule has 0 aromatic carbocycles. The molecule has 0 aliphatic heterocycles. The zero-order chi connectivity index (χ0) is 43.7. The van der Waals surface area contributed by atoms with Gasteiger partial charge in [-0.05, 0) is 51.0 Å². The number of esters is 1. The third-order valence-corrected chi connectivity index (χ3v) is 10.2. The fourth-order valence-electron chi connectivity index (χ4n) is 5.65. The highest BCUT2D eigenvalue weighted by molar-refractivity contribution is 7.45. The summed E-state index contributed by atoms with van der Waals surface area (Å²) in [5.74, 6) is -0.486. The summed E-state index contributed by atoms with van der Waals surface area (Å²) in [6, 6.07) is 0. The third-order valence-electron chi connectivity index (χ3n) is 9.21. The van der Waals surface area contributed by atoms with Gasteiger partial charge in [-0.1, -0.05) is 170 Å². The van der Waals surface area contributed by atoms with Crippen molar-refractivity contribution in [3.63, 3.8) is 0 Å². The number of hydrogen-bond acceptors (Lipinski definition) is 9. The fourth-order valence-corrected chi connectivity index (χ4v) is 6.38. The van der Waals surface area contributed by atoms with Crippen molar-refractivity contribution in [2.75, 3.05) is 47.5 Å². The molecular formula is C48H84NO9P. The molecule has 0 aliphatic carbocycles. The van der Waals surface area contributed by atoms with Crippen LogP contribution in [0.3, 0.4) is 0 Å². The van der Waals surface area contributed by atoms with E-state index in [-0.39, 0.29) is 19.6 Å². The Morgan fingerprint density at radius 1 is 0.661 bits per heavy atom. The number of aliphatic hydroxyl groups excluding tert-OH is 2. The predicted octanol–water partition coefficient (Wildman–Crippen LogP) is 10.9. The van der Waals surface area contributed by atoms with E-state index in [2.05, 4.69) is 13.8 Å². The van der Waals surface area contributed by atoms with Gasteiger partial charge >= 0.3 is 5.97 Å². The summed E-state index contributed by atoms with van der Waals surface area (Å²) < 4.78 is 34.2. The number of carbonyl (C=O) groups is 1. The zero-order valence-corrected chi connectivity index (χ0v) is 38.5. The van der Waals surface area contributed by atoms with Crippen LogP contribution in [0.5, 0.6) is 0 Å². The number of likely N-dealkylation sites (N-methyl/N-ethyl adjacent to an activating group) is 1. The van der Waals surface area contributed by atoms with Gasteiger partial charge in [-0.15, -0.1) is 0 Å². The SMILES string of the molecule is CC/C=C\C[C@H](O)/C=C/C=C\C=C\[C@H](O)C/C=C\C/C=C\CCC(=O)O[C@H](CO/C=C/CCCCCCCCCCCCCCCC)COP(=O)([O-])OCC[N+](C)(C)C. The average molecular weight is 850 g/mol. The maximum atomic E-state index is 12.6. The Balaban J connectivity index is 4.54.